The predicted octanol–water partition coefficient (Wildman–Crippen LogP) is 5.82. The van der Waals surface area contributed by atoms with Crippen LogP contribution < -0.4 is 4.57 Å². The molecule has 0 aliphatic carbocycles. The molecule has 0 atom stereocenters. The predicted molar refractivity (Wildman–Crippen MR) is 105 cm³/mol. The van der Waals surface area contributed by atoms with Gasteiger partial charge in [-0.15, -0.1) is 0 Å². The largest absolute Gasteiger partial charge is 0.264 e. The lowest BCUT2D eigenvalue weighted by Crippen LogP contribution is -2.32. The molecule has 2 aromatic heterocycles. The highest BCUT2D eigenvalue weighted by molar-refractivity contribution is 5.08. The second-order valence-electron chi connectivity index (χ2n) is 7.26. The summed E-state index contributed by atoms with van der Waals surface area (Å²) in [5.74, 6) is 0. The lowest BCUT2D eigenvalue weighted by molar-refractivity contribution is -0.697. The first-order valence-corrected chi connectivity index (χ1v) is 10.2. The van der Waals surface area contributed by atoms with Crippen LogP contribution in [0.5, 0.6) is 0 Å². The third kappa shape index (κ3) is 9.38. The zero-order chi connectivity index (χ0) is 17.6. The van der Waals surface area contributed by atoms with E-state index in [1.807, 2.05) is 18.5 Å². The van der Waals surface area contributed by atoms with Crippen LogP contribution in [0.25, 0.3) is 0 Å². The number of unbranched alkanes of at least 4 members (excludes halogenated alkanes) is 9. The van der Waals surface area contributed by atoms with Crippen LogP contribution in [-0.2, 0) is 13.0 Å². The average Bonchev–Trinajstić information content (AvgIpc) is 2.65. The molecule has 136 valence electrons. The fraction of sp³-hybridized carbons (Fsp3) is 0.565. The highest BCUT2D eigenvalue weighted by Crippen LogP contribution is 2.12. The van der Waals surface area contributed by atoms with E-state index in [4.69, 9.17) is 0 Å². The third-order valence-corrected chi connectivity index (χ3v) is 4.91. The number of hydrogen-bond donors (Lipinski definition) is 0. The van der Waals surface area contributed by atoms with Gasteiger partial charge >= 0.3 is 0 Å². The van der Waals surface area contributed by atoms with Crippen molar-refractivity contribution in [1.29, 1.82) is 0 Å². The monoisotopic (exact) mass is 339 g/mol. The number of rotatable bonds is 13. The Morgan fingerprint density at radius 1 is 0.760 bits per heavy atom. The van der Waals surface area contributed by atoms with Gasteiger partial charge in [-0.2, -0.15) is 0 Å². The van der Waals surface area contributed by atoms with Crippen LogP contribution in [0.4, 0.5) is 0 Å². The first-order valence-electron chi connectivity index (χ1n) is 10.2. The van der Waals surface area contributed by atoms with Gasteiger partial charge in [-0.05, 0) is 43.4 Å². The SMILES string of the molecule is Cc1cc[n+](CCCCCCCCCCCCc2cccnc2)cc1. The summed E-state index contributed by atoms with van der Waals surface area (Å²) in [5.41, 5.74) is 2.72. The van der Waals surface area contributed by atoms with Gasteiger partial charge in [0.05, 0.1) is 0 Å². The topological polar surface area (TPSA) is 16.8 Å². The molecule has 0 spiro atoms. The van der Waals surface area contributed by atoms with Crippen molar-refractivity contribution in [2.75, 3.05) is 0 Å². The zero-order valence-corrected chi connectivity index (χ0v) is 16.0. The van der Waals surface area contributed by atoms with E-state index in [0.717, 1.165) is 6.54 Å². The van der Waals surface area contributed by atoms with Crippen molar-refractivity contribution in [2.45, 2.75) is 84.1 Å². The van der Waals surface area contributed by atoms with Gasteiger partial charge in [0, 0.05) is 30.9 Å². The van der Waals surface area contributed by atoms with Crippen LogP contribution in [0.15, 0.2) is 49.1 Å². The van der Waals surface area contributed by atoms with Crippen molar-refractivity contribution in [1.82, 2.24) is 4.98 Å². The molecule has 2 aromatic rings. The molecule has 25 heavy (non-hydrogen) atoms. The van der Waals surface area contributed by atoms with E-state index in [2.05, 4.69) is 47.1 Å². The minimum Gasteiger partial charge on any atom is -0.264 e. The molecule has 0 amide bonds. The quantitative estimate of drug-likeness (QED) is 0.332. The minimum absolute atomic E-state index is 1.16. The molecule has 0 bridgehead atoms. The molecule has 0 aromatic carbocycles. The normalized spacial score (nSPS) is 10.9. The van der Waals surface area contributed by atoms with Crippen molar-refractivity contribution < 1.29 is 4.57 Å². The minimum atomic E-state index is 1.16. The van der Waals surface area contributed by atoms with Crippen LogP contribution in [-0.4, -0.2) is 4.98 Å². The van der Waals surface area contributed by atoms with E-state index >= 15 is 0 Å². The van der Waals surface area contributed by atoms with Crippen molar-refractivity contribution in [3.05, 3.63) is 60.2 Å². The summed E-state index contributed by atoms with van der Waals surface area (Å²) in [6.45, 7) is 3.31. The summed E-state index contributed by atoms with van der Waals surface area (Å²) in [6.07, 6.45) is 23.2. The fourth-order valence-corrected chi connectivity index (χ4v) is 3.26. The average molecular weight is 340 g/mol. The Morgan fingerprint density at radius 2 is 1.36 bits per heavy atom. The lowest BCUT2D eigenvalue weighted by Gasteiger charge is -2.03. The summed E-state index contributed by atoms with van der Waals surface area (Å²) in [7, 11) is 0. The molecular weight excluding hydrogens is 304 g/mol. The summed E-state index contributed by atoms with van der Waals surface area (Å²) in [6, 6.07) is 8.60. The summed E-state index contributed by atoms with van der Waals surface area (Å²) < 4.78 is 2.30. The molecule has 2 rings (SSSR count). The van der Waals surface area contributed by atoms with Crippen LogP contribution in [0.2, 0.25) is 0 Å². The number of aromatic nitrogens is 2. The summed E-state index contributed by atoms with van der Waals surface area (Å²) in [5, 5.41) is 0. The van der Waals surface area contributed by atoms with E-state index in [0.29, 0.717) is 0 Å². The molecule has 0 aliphatic heterocycles. The van der Waals surface area contributed by atoms with E-state index in [1.54, 1.807) is 0 Å². The Bertz CT molecular complexity index is 548. The van der Waals surface area contributed by atoms with Crippen LogP contribution in [0.3, 0.4) is 0 Å². The Balaban J connectivity index is 1.33. The lowest BCUT2D eigenvalue weighted by atomic mass is 10.0. The maximum Gasteiger partial charge on any atom is 0.169 e. The number of nitrogens with zero attached hydrogens (tertiary/aromatic N) is 2. The van der Waals surface area contributed by atoms with E-state index < -0.39 is 0 Å². The Kier molecular flexibility index (Phi) is 9.92. The number of aryl methyl sites for hydroxylation is 3. The highest BCUT2D eigenvalue weighted by atomic mass is 14.9. The van der Waals surface area contributed by atoms with E-state index in [9.17, 15) is 0 Å². The Hall–Kier alpha value is -1.70. The maximum absolute atomic E-state index is 4.17. The molecule has 0 unspecified atom stereocenters. The first kappa shape index (κ1) is 19.6. The van der Waals surface area contributed by atoms with Gasteiger partial charge in [-0.3, -0.25) is 4.98 Å². The molecule has 2 nitrogen and oxygen atoms in total. The molecule has 2 heterocycles. The third-order valence-electron chi connectivity index (χ3n) is 4.91. The molecule has 2 heteroatoms. The molecule has 0 fully saturated rings. The Morgan fingerprint density at radius 3 is 1.96 bits per heavy atom. The maximum atomic E-state index is 4.17. The number of hydrogen-bond acceptors (Lipinski definition) is 1. The standard InChI is InChI=1S/C23H35N2/c1-22-15-19-25(20-16-22)18-11-9-7-5-3-2-4-6-8-10-13-23-14-12-17-24-21-23/h12,14-17,19-21H,2-11,13,18H2,1H3/q+1. The Labute approximate surface area is 154 Å². The van der Waals surface area contributed by atoms with Gasteiger partial charge in [-0.1, -0.05) is 51.0 Å². The smallest absolute Gasteiger partial charge is 0.169 e. The van der Waals surface area contributed by atoms with E-state index in [-0.39, 0.29) is 0 Å². The molecule has 0 saturated carbocycles. The molecule has 0 radical (unpaired) electrons. The molecule has 0 N–H and O–H groups in total. The highest BCUT2D eigenvalue weighted by Gasteiger charge is 1.99. The second kappa shape index (κ2) is 12.6. The second-order valence-corrected chi connectivity index (χ2v) is 7.26. The van der Waals surface area contributed by atoms with Crippen LogP contribution in [0, 0.1) is 6.92 Å². The van der Waals surface area contributed by atoms with Crippen LogP contribution >= 0.6 is 0 Å². The van der Waals surface area contributed by atoms with Gasteiger partial charge in [0.25, 0.3) is 0 Å². The van der Waals surface area contributed by atoms with Gasteiger partial charge in [-0.25, -0.2) is 4.57 Å². The van der Waals surface area contributed by atoms with Gasteiger partial charge in [0.2, 0.25) is 0 Å². The van der Waals surface area contributed by atoms with Crippen LogP contribution in [0.1, 0.15) is 75.3 Å². The van der Waals surface area contributed by atoms with Gasteiger partial charge in [0.1, 0.15) is 6.54 Å². The molecule has 0 saturated heterocycles. The van der Waals surface area contributed by atoms with Gasteiger partial charge in [0.15, 0.2) is 12.4 Å². The molecule has 0 aliphatic rings. The van der Waals surface area contributed by atoms with Crippen molar-refractivity contribution in [3.63, 3.8) is 0 Å². The summed E-state index contributed by atoms with van der Waals surface area (Å²) in [4.78, 5) is 4.17. The number of pyridine rings is 2. The molecular formula is C23H35N2+. The van der Waals surface area contributed by atoms with Crippen molar-refractivity contribution in [2.24, 2.45) is 0 Å². The first-order chi connectivity index (χ1) is 12.3. The zero-order valence-electron chi connectivity index (χ0n) is 16.0. The van der Waals surface area contributed by atoms with Crippen molar-refractivity contribution >= 4 is 0 Å². The fourth-order valence-electron chi connectivity index (χ4n) is 3.26. The van der Waals surface area contributed by atoms with Gasteiger partial charge < -0.3 is 0 Å². The summed E-state index contributed by atoms with van der Waals surface area (Å²) >= 11 is 0. The van der Waals surface area contributed by atoms with E-state index in [1.165, 1.54) is 81.8 Å². The van der Waals surface area contributed by atoms with Crippen molar-refractivity contribution in [3.8, 4) is 0 Å².